The van der Waals surface area contributed by atoms with E-state index in [1.54, 1.807) is 7.05 Å². The number of rotatable bonds is 7. The van der Waals surface area contributed by atoms with E-state index in [1.165, 1.54) is 13.0 Å². The number of nitrogens with one attached hydrogen (secondary N) is 1. The molecule has 0 bridgehead atoms. The Labute approximate surface area is 124 Å². The number of carbonyl (C=O) groups is 1. The lowest BCUT2D eigenvalue weighted by molar-refractivity contribution is -0.123. The SMILES string of the molecule is CNC(C)(CCCCN1CC(C)CC(C)C1C)C(N)=O. The molecule has 1 saturated heterocycles. The van der Waals surface area contributed by atoms with Gasteiger partial charge in [0.1, 0.15) is 0 Å². The Morgan fingerprint density at radius 2 is 2.00 bits per heavy atom. The minimum atomic E-state index is -0.561. The van der Waals surface area contributed by atoms with Crippen molar-refractivity contribution in [2.45, 2.75) is 65.0 Å². The zero-order valence-corrected chi connectivity index (χ0v) is 13.9. The highest BCUT2D eigenvalue weighted by atomic mass is 16.1. The molecule has 0 aliphatic carbocycles. The van der Waals surface area contributed by atoms with Gasteiger partial charge in [0, 0.05) is 12.6 Å². The van der Waals surface area contributed by atoms with Crippen LogP contribution < -0.4 is 11.1 Å². The van der Waals surface area contributed by atoms with Gasteiger partial charge in [0.05, 0.1) is 5.54 Å². The van der Waals surface area contributed by atoms with Crippen LogP contribution >= 0.6 is 0 Å². The average molecular weight is 283 g/mol. The van der Waals surface area contributed by atoms with Crippen molar-refractivity contribution < 1.29 is 4.79 Å². The van der Waals surface area contributed by atoms with Crippen LogP contribution in [0, 0.1) is 11.8 Å². The van der Waals surface area contributed by atoms with E-state index >= 15 is 0 Å². The van der Waals surface area contributed by atoms with Gasteiger partial charge in [0.25, 0.3) is 0 Å². The average Bonchev–Trinajstić information content (AvgIpc) is 2.39. The summed E-state index contributed by atoms with van der Waals surface area (Å²) in [6.45, 7) is 11.3. The third-order valence-corrected chi connectivity index (χ3v) is 5.19. The second kappa shape index (κ2) is 7.41. The largest absolute Gasteiger partial charge is 0.368 e. The van der Waals surface area contributed by atoms with Crippen LogP contribution in [-0.4, -0.2) is 42.5 Å². The molecule has 1 aliphatic rings. The maximum absolute atomic E-state index is 11.4. The third kappa shape index (κ3) is 4.45. The fourth-order valence-corrected chi connectivity index (χ4v) is 3.29. The van der Waals surface area contributed by atoms with Crippen molar-refractivity contribution in [3.8, 4) is 0 Å². The summed E-state index contributed by atoms with van der Waals surface area (Å²) in [6, 6.07) is 0.679. The first kappa shape index (κ1) is 17.4. The molecule has 1 aliphatic heterocycles. The third-order valence-electron chi connectivity index (χ3n) is 5.19. The van der Waals surface area contributed by atoms with Crippen molar-refractivity contribution in [2.24, 2.45) is 17.6 Å². The number of primary amides is 1. The molecule has 4 heteroatoms. The summed E-state index contributed by atoms with van der Waals surface area (Å²) < 4.78 is 0. The summed E-state index contributed by atoms with van der Waals surface area (Å²) in [4.78, 5) is 14.0. The number of unbranched alkanes of at least 4 members (excludes halogenated alkanes) is 1. The normalized spacial score (nSPS) is 30.9. The molecule has 4 nitrogen and oxygen atoms in total. The van der Waals surface area contributed by atoms with Crippen LogP contribution in [0.2, 0.25) is 0 Å². The highest BCUT2D eigenvalue weighted by molar-refractivity contribution is 5.84. The van der Waals surface area contributed by atoms with Crippen molar-refractivity contribution >= 4 is 5.91 Å². The highest BCUT2D eigenvalue weighted by Crippen LogP contribution is 2.27. The van der Waals surface area contributed by atoms with Crippen molar-refractivity contribution in [1.29, 1.82) is 0 Å². The van der Waals surface area contributed by atoms with Gasteiger partial charge in [0.2, 0.25) is 5.91 Å². The van der Waals surface area contributed by atoms with E-state index in [2.05, 4.69) is 31.0 Å². The van der Waals surface area contributed by atoms with Gasteiger partial charge in [-0.1, -0.05) is 13.8 Å². The molecule has 1 rings (SSSR count). The predicted octanol–water partition coefficient (Wildman–Crippen LogP) is 1.99. The lowest BCUT2D eigenvalue weighted by Crippen LogP contribution is -2.51. The van der Waals surface area contributed by atoms with Gasteiger partial charge < -0.3 is 16.0 Å². The summed E-state index contributed by atoms with van der Waals surface area (Å²) >= 11 is 0. The summed E-state index contributed by atoms with van der Waals surface area (Å²) in [5, 5.41) is 3.05. The summed E-state index contributed by atoms with van der Waals surface area (Å²) in [6.07, 6.45) is 4.32. The topological polar surface area (TPSA) is 58.4 Å². The lowest BCUT2D eigenvalue weighted by Gasteiger charge is -2.41. The molecule has 0 aromatic carbocycles. The fourth-order valence-electron chi connectivity index (χ4n) is 3.29. The van der Waals surface area contributed by atoms with E-state index in [0.29, 0.717) is 6.04 Å². The molecule has 4 unspecified atom stereocenters. The zero-order chi connectivity index (χ0) is 15.3. The maximum Gasteiger partial charge on any atom is 0.237 e. The number of likely N-dealkylation sites (N-methyl/N-ethyl adjacent to an activating group) is 1. The number of nitrogens with zero attached hydrogens (tertiary/aromatic N) is 1. The van der Waals surface area contributed by atoms with Gasteiger partial charge in [-0.25, -0.2) is 0 Å². The number of piperidine rings is 1. The molecule has 0 aromatic rings. The Hall–Kier alpha value is -0.610. The van der Waals surface area contributed by atoms with Crippen LogP contribution in [-0.2, 0) is 4.79 Å². The van der Waals surface area contributed by atoms with Crippen LogP contribution in [0.15, 0.2) is 0 Å². The van der Waals surface area contributed by atoms with E-state index < -0.39 is 5.54 Å². The van der Waals surface area contributed by atoms with Gasteiger partial charge in [-0.15, -0.1) is 0 Å². The molecular formula is C16H33N3O. The van der Waals surface area contributed by atoms with Crippen molar-refractivity contribution in [3.63, 3.8) is 0 Å². The van der Waals surface area contributed by atoms with Crippen molar-refractivity contribution in [2.75, 3.05) is 20.1 Å². The predicted molar refractivity (Wildman–Crippen MR) is 84.5 cm³/mol. The monoisotopic (exact) mass is 283 g/mol. The molecule has 0 spiro atoms. The first-order valence-electron chi connectivity index (χ1n) is 8.03. The molecule has 4 atom stereocenters. The van der Waals surface area contributed by atoms with Gasteiger partial charge in [0.15, 0.2) is 0 Å². The zero-order valence-electron chi connectivity index (χ0n) is 13.9. The Balaban J connectivity index is 2.35. The Morgan fingerprint density at radius 1 is 1.35 bits per heavy atom. The molecule has 1 fully saturated rings. The number of likely N-dealkylation sites (tertiary alicyclic amines) is 1. The molecule has 118 valence electrons. The van der Waals surface area contributed by atoms with Crippen molar-refractivity contribution in [1.82, 2.24) is 10.2 Å². The number of amides is 1. The summed E-state index contributed by atoms with van der Waals surface area (Å²) in [5.41, 5.74) is 4.89. The van der Waals surface area contributed by atoms with Gasteiger partial charge in [-0.3, -0.25) is 4.79 Å². The second-order valence-electron chi connectivity index (χ2n) is 6.96. The summed E-state index contributed by atoms with van der Waals surface area (Å²) in [7, 11) is 1.81. The number of nitrogens with two attached hydrogens (primary N) is 1. The minimum Gasteiger partial charge on any atom is -0.368 e. The molecule has 0 saturated carbocycles. The van der Waals surface area contributed by atoms with Gasteiger partial charge in [-0.2, -0.15) is 0 Å². The van der Waals surface area contributed by atoms with Crippen LogP contribution in [0.5, 0.6) is 0 Å². The molecule has 0 radical (unpaired) electrons. The molecule has 1 amide bonds. The van der Waals surface area contributed by atoms with Crippen LogP contribution in [0.4, 0.5) is 0 Å². The lowest BCUT2D eigenvalue weighted by atomic mass is 9.85. The molecule has 0 aromatic heterocycles. The molecule has 3 N–H and O–H groups in total. The highest BCUT2D eigenvalue weighted by Gasteiger charge is 2.30. The van der Waals surface area contributed by atoms with Crippen LogP contribution in [0.25, 0.3) is 0 Å². The van der Waals surface area contributed by atoms with Gasteiger partial charge in [-0.05, 0) is 65.0 Å². The Kier molecular flexibility index (Phi) is 6.46. The van der Waals surface area contributed by atoms with Crippen LogP contribution in [0.1, 0.15) is 53.4 Å². The van der Waals surface area contributed by atoms with E-state index in [-0.39, 0.29) is 5.91 Å². The van der Waals surface area contributed by atoms with E-state index in [0.717, 1.165) is 37.6 Å². The molecule has 20 heavy (non-hydrogen) atoms. The van der Waals surface area contributed by atoms with Gasteiger partial charge >= 0.3 is 0 Å². The fraction of sp³-hybridized carbons (Fsp3) is 0.938. The standard InChI is InChI=1S/C16H33N3O/c1-12-10-13(2)14(3)19(11-12)9-7-6-8-16(4,18-5)15(17)20/h12-14,18H,6-11H2,1-5H3,(H2,17,20). The first-order valence-corrected chi connectivity index (χ1v) is 8.03. The Morgan fingerprint density at radius 3 is 2.55 bits per heavy atom. The van der Waals surface area contributed by atoms with E-state index in [1.807, 2.05) is 6.92 Å². The Bertz CT molecular complexity index is 321. The summed E-state index contributed by atoms with van der Waals surface area (Å²) in [5.74, 6) is 1.33. The smallest absolute Gasteiger partial charge is 0.237 e. The van der Waals surface area contributed by atoms with Crippen LogP contribution in [0.3, 0.4) is 0 Å². The quantitative estimate of drug-likeness (QED) is 0.703. The number of hydrogen-bond acceptors (Lipinski definition) is 3. The molecule has 1 heterocycles. The van der Waals surface area contributed by atoms with Crippen molar-refractivity contribution in [3.05, 3.63) is 0 Å². The second-order valence-corrected chi connectivity index (χ2v) is 6.96. The molecular weight excluding hydrogens is 250 g/mol. The van der Waals surface area contributed by atoms with E-state index in [9.17, 15) is 4.79 Å². The number of hydrogen-bond donors (Lipinski definition) is 2. The minimum absolute atomic E-state index is 0.256. The maximum atomic E-state index is 11.4. The number of carbonyl (C=O) groups excluding carboxylic acids is 1. The first-order chi connectivity index (χ1) is 9.30. The van der Waals surface area contributed by atoms with E-state index in [4.69, 9.17) is 5.73 Å².